The monoisotopic (exact) mass is 534 g/mol. The van der Waals surface area contributed by atoms with Crippen molar-refractivity contribution in [2.24, 2.45) is 0 Å². The third-order valence-electron chi connectivity index (χ3n) is 5.88. The lowest BCUT2D eigenvalue weighted by Gasteiger charge is -2.18. The zero-order valence-corrected chi connectivity index (χ0v) is 23.6. The quantitative estimate of drug-likeness (QED) is 0.0547. The first kappa shape index (κ1) is 34.8. The lowest BCUT2D eigenvalue weighted by molar-refractivity contribution is -0.161. The van der Waals surface area contributed by atoms with Crippen LogP contribution < -0.4 is 0 Å². The van der Waals surface area contributed by atoms with Crippen molar-refractivity contribution in [3.8, 4) is 0 Å². The maximum Gasteiger partial charge on any atom is 0.469 e. The van der Waals surface area contributed by atoms with E-state index in [1.165, 1.54) is 44.9 Å². The molecule has 8 nitrogen and oxygen atoms in total. The molecular weight excluding hydrogens is 483 g/mol. The average molecular weight is 535 g/mol. The van der Waals surface area contributed by atoms with Crippen molar-refractivity contribution in [2.75, 3.05) is 13.2 Å². The van der Waals surface area contributed by atoms with E-state index in [0.717, 1.165) is 51.4 Å². The maximum atomic E-state index is 12.1. The third-order valence-corrected chi connectivity index (χ3v) is 6.36. The predicted octanol–water partition coefficient (Wildman–Crippen LogP) is 7.17. The summed E-state index contributed by atoms with van der Waals surface area (Å²) in [5.74, 6) is -0.904. The number of hydrogen-bond acceptors (Lipinski definition) is 6. The van der Waals surface area contributed by atoms with Gasteiger partial charge in [0.05, 0.1) is 6.61 Å². The van der Waals surface area contributed by atoms with E-state index in [1.54, 1.807) is 0 Å². The Kier molecular flexibility index (Phi) is 23.3. The largest absolute Gasteiger partial charge is 0.469 e. The van der Waals surface area contributed by atoms with Crippen LogP contribution in [0.3, 0.4) is 0 Å². The topological polar surface area (TPSA) is 119 Å². The molecular formula is C27H51O8P. The Morgan fingerprint density at radius 1 is 0.750 bits per heavy atom. The van der Waals surface area contributed by atoms with E-state index >= 15 is 0 Å². The highest BCUT2D eigenvalue weighted by Crippen LogP contribution is 2.35. The summed E-state index contributed by atoms with van der Waals surface area (Å²) >= 11 is 0. The lowest BCUT2D eigenvalue weighted by Crippen LogP contribution is -2.29. The van der Waals surface area contributed by atoms with Gasteiger partial charge in [-0.05, 0) is 32.6 Å². The van der Waals surface area contributed by atoms with Crippen LogP contribution in [0.2, 0.25) is 0 Å². The molecule has 0 unspecified atom stereocenters. The van der Waals surface area contributed by atoms with Crippen molar-refractivity contribution < 1.29 is 37.9 Å². The molecule has 2 N–H and O–H groups in total. The molecule has 0 aromatic carbocycles. The lowest BCUT2D eigenvalue weighted by atomic mass is 10.1. The van der Waals surface area contributed by atoms with E-state index in [4.69, 9.17) is 19.3 Å². The van der Waals surface area contributed by atoms with Crippen LogP contribution in [0, 0.1) is 0 Å². The summed E-state index contributed by atoms with van der Waals surface area (Å²) in [4.78, 5) is 42.1. The van der Waals surface area contributed by atoms with E-state index in [-0.39, 0.29) is 19.4 Å². The number of phosphoric ester groups is 1. The molecule has 0 aliphatic heterocycles. The second kappa shape index (κ2) is 24.1. The van der Waals surface area contributed by atoms with Gasteiger partial charge in [0.1, 0.15) is 6.61 Å². The fourth-order valence-electron chi connectivity index (χ4n) is 3.78. The fraction of sp³-hybridized carbons (Fsp3) is 0.852. The van der Waals surface area contributed by atoms with Crippen LogP contribution in [0.1, 0.15) is 129 Å². The molecule has 0 amide bonds. The molecule has 0 aromatic heterocycles. The van der Waals surface area contributed by atoms with Crippen molar-refractivity contribution in [3.05, 3.63) is 12.2 Å². The Bertz CT molecular complexity index is 617. The van der Waals surface area contributed by atoms with Crippen molar-refractivity contribution in [1.29, 1.82) is 0 Å². The summed E-state index contributed by atoms with van der Waals surface area (Å²) in [6, 6.07) is 0. The summed E-state index contributed by atoms with van der Waals surface area (Å²) in [7, 11) is -4.73. The molecule has 0 spiro atoms. The number of phosphoric acid groups is 1. The highest BCUT2D eigenvalue weighted by Gasteiger charge is 2.22. The molecule has 0 aromatic rings. The smallest absolute Gasteiger partial charge is 0.462 e. The van der Waals surface area contributed by atoms with Gasteiger partial charge < -0.3 is 19.3 Å². The maximum absolute atomic E-state index is 12.1. The first-order valence-electron chi connectivity index (χ1n) is 13.9. The zero-order valence-electron chi connectivity index (χ0n) is 22.7. The van der Waals surface area contributed by atoms with Gasteiger partial charge in [-0.15, -0.1) is 0 Å². The molecule has 0 rings (SSSR count). The molecule has 0 heterocycles. The second-order valence-electron chi connectivity index (χ2n) is 9.39. The number of unbranched alkanes of at least 4 members (excludes halogenated alkanes) is 14. The summed E-state index contributed by atoms with van der Waals surface area (Å²) in [5.41, 5.74) is 0. The van der Waals surface area contributed by atoms with Crippen LogP contribution in [-0.4, -0.2) is 41.0 Å². The van der Waals surface area contributed by atoms with E-state index < -0.39 is 32.5 Å². The van der Waals surface area contributed by atoms with Gasteiger partial charge >= 0.3 is 19.8 Å². The molecule has 0 saturated heterocycles. The summed E-state index contributed by atoms with van der Waals surface area (Å²) < 4.78 is 26.0. The van der Waals surface area contributed by atoms with Gasteiger partial charge in [-0.1, -0.05) is 96.1 Å². The van der Waals surface area contributed by atoms with E-state index in [2.05, 4.69) is 17.5 Å². The number of carbonyl (C=O) groups excluding carboxylic acids is 2. The standard InChI is InChI=1S/C27H51O8P/c1-3-5-7-9-11-13-14-16-17-19-21-26(28)33-23-25(24-34-36(30,31)32)35-27(29)22-20-18-15-12-10-8-6-4-2/h4,6,25H,3,5,7-24H2,1-2H3,(H2,30,31,32)/b6-4-/t25-/m0/s1. The summed E-state index contributed by atoms with van der Waals surface area (Å²) in [6.07, 6.45) is 21.2. The van der Waals surface area contributed by atoms with Crippen LogP contribution in [0.15, 0.2) is 12.2 Å². The Hall–Kier alpha value is -1.21. The molecule has 1 atom stereocenters. The van der Waals surface area contributed by atoms with Gasteiger partial charge in [0.2, 0.25) is 0 Å². The van der Waals surface area contributed by atoms with Gasteiger partial charge in [0.15, 0.2) is 6.10 Å². The SMILES string of the molecule is C/C=C\CCCCCCCC(=O)O[C@@H](COC(=O)CCCCCCCCCCCC)COP(=O)(O)O. The van der Waals surface area contributed by atoms with E-state index in [9.17, 15) is 14.2 Å². The molecule has 36 heavy (non-hydrogen) atoms. The highest BCUT2D eigenvalue weighted by molar-refractivity contribution is 7.46. The molecule has 0 saturated carbocycles. The van der Waals surface area contributed by atoms with Gasteiger partial charge in [-0.25, -0.2) is 4.57 Å². The number of allylic oxidation sites excluding steroid dienone is 2. The Labute approximate surface area is 218 Å². The van der Waals surface area contributed by atoms with Crippen molar-refractivity contribution in [3.63, 3.8) is 0 Å². The van der Waals surface area contributed by atoms with Gasteiger partial charge in [-0.3, -0.25) is 14.1 Å². The summed E-state index contributed by atoms with van der Waals surface area (Å²) in [6.45, 7) is 3.40. The first-order chi connectivity index (χ1) is 17.3. The Morgan fingerprint density at radius 2 is 1.25 bits per heavy atom. The summed E-state index contributed by atoms with van der Waals surface area (Å²) in [5, 5.41) is 0. The van der Waals surface area contributed by atoms with Crippen LogP contribution in [0.5, 0.6) is 0 Å². The minimum Gasteiger partial charge on any atom is -0.462 e. The Balaban J connectivity index is 4.09. The minimum atomic E-state index is -4.73. The van der Waals surface area contributed by atoms with Gasteiger partial charge in [-0.2, -0.15) is 0 Å². The Morgan fingerprint density at radius 3 is 1.78 bits per heavy atom. The van der Waals surface area contributed by atoms with Gasteiger partial charge in [0.25, 0.3) is 0 Å². The van der Waals surface area contributed by atoms with Crippen molar-refractivity contribution in [2.45, 2.75) is 136 Å². The van der Waals surface area contributed by atoms with Crippen LogP contribution in [0.25, 0.3) is 0 Å². The van der Waals surface area contributed by atoms with Crippen molar-refractivity contribution in [1.82, 2.24) is 0 Å². The van der Waals surface area contributed by atoms with Gasteiger partial charge in [0, 0.05) is 12.8 Å². The molecule has 0 fully saturated rings. The molecule has 212 valence electrons. The molecule has 0 aliphatic rings. The number of hydrogen-bond donors (Lipinski definition) is 2. The van der Waals surface area contributed by atoms with Crippen LogP contribution in [0.4, 0.5) is 0 Å². The van der Waals surface area contributed by atoms with Crippen LogP contribution >= 0.6 is 7.82 Å². The normalized spacial score (nSPS) is 12.7. The molecule has 0 aliphatic carbocycles. The van der Waals surface area contributed by atoms with E-state index in [0.29, 0.717) is 6.42 Å². The molecule has 0 radical (unpaired) electrons. The van der Waals surface area contributed by atoms with Crippen LogP contribution in [-0.2, 0) is 28.2 Å². The van der Waals surface area contributed by atoms with E-state index in [1.807, 2.05) is 13.0 Å². The zero-order chi connectivity index (χ0) is 26.9. The average Bonchev–Trinajstić information content (AvgIpc) is 2.83. The minimum absolute atomic E-state index is 0.202. The second-order valence-corrected chi connectivity index (χ2v) is 10.6. The first-order valence-corrected chi connectivity index (χ1v) is 15.5. The number of ether oxygens (including phenoxy) is 2. The highest BCUT2D eigenvalue weighted by atomic mass is 31.2. The molecule has 9 heteroatoms. The number of esters is 2. The fourth-order valence-corrected chi connectivity index (χ4v) is 4.15. The molecule has 0 bridgehead atoms. The predicted molar refractivity (Wildman–Crippen MR) is 142 cm³/mol. The van der Waals surface area contributed by atoms with Crippen molar-refractivity contribution >= 4 is 19.8 Å². The third kappa shape index (κ3) is 25.9. The number of rotatable bonds is 25. The number of carbonyl (C=O) groups is 2.